The highest BCUT2D eigenvalue weighted by atomic mass is 16.2. The second-order valence-corrected chi connectivity index (χ2v) is 5.20. The maximum Gasteiger partial charge on any atom is 0.236 e. The Morgan fingerprint density at radius 3 is 2.25 bits per heavy atom. The van der Waals surface area contributed by atoms with Gasteiger partial charge in [0.1, 0.15) is 0 Å². The van der Waals surface area contributed by atoms with Crippen molar-refractivity contribution in [3.8, 4) is 0 Å². The van der Waals surface area contributed by atoms with Crippen LogP contribution < -0.4 is 16.4 Å². The van der Waals surface area contributed by atoms with Crippen molar-refractivity contribution in [2.24, 2.45) is 5.73 Å². The van der Waals surface area contributed by atoms with Crippen molar-refractivity contribution < 1.29 is 9.59 Å². The van der Waals surface area contributed by atoms with Crippen molar-refractivity contribution in [1.82, 2.24) is 10.6 Å². The van der Waals surface area contributed by atoms with Gasteiger partial charge in [0.2, 0.25) is 11.8 Å². The molecule has 1 atom stereocenters. The van der Waals surface area contributed by atoms with E-state index < -0.39 is 6.04 Å². The number of nitrogens with two attached hydrogens (primary N) is 1. The first-order valence-electron chi connectivity index (χ1n) is 7.91. The van der Waals surface area contributed by atoms with Crippen LogP contribution in [-0.2, 0) is 9.59 Å². The predicted molar refractivity (Wildman–Crippen MR) is 82.3 cm³/mol. The molecule has 0 aromatic heterocycles. The minimum Gasteiger partial charge on any atom is -0.356 e. The summed E-state index contributed by atoms with van der Waals surface area (Å²) in [5, 5.41) is 5.71. The van der Waals surface area contributed by atoms with E-state index in [0.29, 0.717) is 25.9 Å². The maximum atomic E-state index is 11.7. The molecule has 0 aliphatic carbocycles. The molecular weight excluding hydrogens is 254 g/mol. The number of rotatable bonds is 12. The molecule has 0 aliphatic rings. The zero-order chi connectivity index (χ0) is 15.2. The van der Waals surface area contributed by atoms with E-state index in [1.54, 1.807) is 0 Å². The Balaban J connectivity index is 3.49. The second-order valence-electron chi connectivity index (χ2n) is 5.20. The van der Waals surface area contributed by atoms with Crippen LogP contribution in [0.3, 0.4) is 0 Å². The van der Waals surface area contributed by atoms with Gasteiger partial charge in [-0.15, -0.1) is 0 Å². The van der Waals surface area contributed by atoms with Crippen molar-refractivity contribution >= 4 is 11.8 Å². The molecule has 0 saturated heterocycles. The molecule has 4 N–H and O–H groups in total. The molecule has 0 radical (unpaired) electrons. The summed E-state index contributed by atoms with van der Waals surface area (Å²) >= 11 is 0. The summed E-state index contributed by atoms with van der Waals surface area (Å²) in [7, 11) is 0. The molecule has 0 aliphatic heterocycles. The minimum atomic E-state index is -0.428. The first kappa shape index (κ1) is 18.9. The lowest BCUT2D eigenvalue weighted by atomic mass is 10.1. The van der Waals surface area contributed by atoms with Crippen LogP contribution >= 0.6 is 0 Å². The van der Waals surface area contributed by atoms with Gasteiger partial charge in [0.05, 0.1) is 6.04 Å². The predicted octanol–water partition coefficient (Wildman–Crippen LogP) is 1.71. The van der Waals surface area contributed by atoms with Crippen LogP contribution in [0.4, 0.5) is 0 Å². The van der Waals surface area contributed by atoms with Gasteiger partial charge in [-0.25, -0.2) is 0 Å². The Hall–Kier alpha value is -1.10. The van der Waals surface area contributed by atoms with Crippen molar-refractivity contribution in [1.29, 1.82) is 0 Å². The second kappa shape index (κ2) is 12.9. The summed E-state index contributed by atoms with van der Waals surface area (Å²) in [6, 6.07) is -0.428. The number of hydrogen-bond acceptors (Lipinski definition) is 3. The van der Waals surface area contributed by atoms with Crippen molar-refractivity contribution in [3.63, 3.8) is 0 Å². The largest absolute Gasteiger partial charge is 0.356 e. The van der Waals surface area contributed by atoms with Crippen LogP contribution in [0.2, 0.25) is 0 Å². The zero-order valence-electron chi connectivity index (χ0n) is 13.0. The van der Waals surface area contributed by atoms with E-state index in [1.165, 1.54) is 0 Å². The van der Waals surface area contributed by atoms with Crippen molar-refractivity contribution in [2.75, 3.05) is 13.1 Å². The fourth-order valence-electron chi connectivity index (χ4n) is 1.88. The average molecular weight is 285 g/mol. The summed E-state index contributed by atoms with van der Waals surface area (Å²) < 4.78 is 0. The van der Waals surface area contributed by atoms with Gasteiger partial charge in [0.15, 0.2) is 0 Å². The SMILES string of the molecule is CCCCCNC(=O)C(N)CCCCNC(=O)CCC. The molecule has 118 valence electrons. The van der Waals surface area contributed by atoms with Gasteiger partial charge in [-0.05, 0) is 32.1 Å². The molecule has 20 heavy (non-hydrogen) atoms. The third kappa shape index (κ3) is 10.8. The van der Waals surface area contributed by atoms with Gasteiger partial charge in [0.25, 0.3) is 0 Å². The Morgan fingerprint density at radius 2 is 1.60 bits per heavy atom. The fourth-order valence-corrected chi connectivity index (χ4v) is 1.88. The lowest BCUT2D eigenvalue weighted by molar-refractivity contribution is -0.123. The zero-order valence-corrected chi connectivity index (χ0v) is 13.0. The normalized spacial score (nSPS) is 11.9. The molecule has 2 amide bonds. The van der Waals surface area contributed by atoms with E-state index >= 15 is 0 Å². The monoisotopic (exact) mass is 285 g/mol. The van der Waals surface area contributed by atoms with Gasteiger partial charge >= 0.3 is 0 Å². The highest BCUT2D eigenvalue weighted by molar-refractivity contribution is 5.81. The highest BCUT2D eigenvalue weighted by Crippen LogP contribution is 1.99. The first-order valence-corrected chi connectivity index (χ1v) is 7.91. The van der Waals surface area contributed by atoms with E-state index in [9.17, 15) is 9.59 Å². The Labute approximate surface area is 123 Å². The minimum absolute atomic E-state index is 0.0591. The molecule has 0 rings (SSSR count). The van der Waals surface area contributed by atoms with E-state index in [4.69, 9.17) is 5.73 Å². The van der Waals surface area contributed by atoms with Gasteiger partial charge in [0, 0.05) is 19.5 Å². The van der Waals surface area contributed by atoms with E-state index in [0.717, 1.165) is 38.5 Å². The van der Waals surface area contributed by atoms with E-state index in [1.807, 2.05) is 6.92 Å². The molecule has 1 unspecified atom stereocenters. The Morgan fingerprint density at radius 1 is 0.950 bits per heavy atom. The van der Waals surface area contributed by atoms with Crippen LogP contribution in [0, 0.1) is 0 Å². The summed E-state index contributed by atoms with van der Waals surface area (Å²) in [6.07, 6.45) is 7.14. The number of carbonyl (C=O) groups is 2. The molecule has 0 aromatic carbocycles. The van der Waals surface area contributed by atoms with Crippen LogP contribution in [-0.4, -0.2) is 30.9 Å². The third-order valence-electron chi connectivity index (χ3n) is 3.16. The number of carbonyl (C=O) groups excluding carboxylic acids is 2. The molecule has 0 fully saturated rings. The number of nitrogens with one attached hydrogen (secondary N) is 2. The van der Waals surface area contributed by atoms with Gasteiger partial charge < -0.3 is 16.4 Å². The number of amides is 2. The molecule has 0 saturated carbocycles. The lowest BCUT2D eigenvalue weighted by Crippen LogP contribution is -2.41. The molecule has 0 aromatic rings. The van der Waals surface area contributed by atoms with Crippen molar-refractivity contribution in [3.05, 3.63) is 0 Å². The lowest BCUT2D eigenvalue weighted by Gasteiger charge is -2.12. The summed E-state index contributed by atoms with van der Waals surface area (Å²) in [5.74, 6) is 0.0431. The first-order chi connectivity index (χ1) is 9.61. The quantitative estimate of drug-likeness (QED) is 0.477. The smallest absolute Gasteiger partial charge is 0.236 e. The topological polar surface area (TPSA) is 84.2 Å². The summed E-state index contributed by atoms with van der Waals surface area (Å²) in [4.78, 5) is 22.9. The van der Waals surface area contributed by atoms with Crippen LogP contribution in [0.5, 0.6) is 0 Å². The highest BCUT2D eigenvalue weighted by Gasteiger charge is 2.11. The molecule has 0 bridgehead atoms. The maximum absolute atomic E-state index is 11.7. The van der Waals surface area contributed by atoms with Crippen LogP contribution in [0.25, 0.3) is 0 Å². The Kier molecular flexibility index (Phi) is 12.2. The molecule has 5 heteroatoms. The third-order valence-corrected chi connectivity index (χ3v) is 3.16. The van der Waals surface area contributed by atoms with Gasteiger partial charge in [-0.2, -0.15) is 0 Å². The van der Waals surface area contributed by atoms with Gasteiger partial charge in [-0.1, -0.05) is 26.7 Å². The molecular formula is C15H31N3O2. The molecule has 0 spiro atoms. The number of unbranched alkanes of at least 4 members (excludes halogenated alkanes) is 3. The summed E-state index contributed by atoms with van der Waals surface area (Å²) in [6.45, 7) is 5.50. The average Bonchev–Trinajstić information content (AvgIpc) is 2.43. The van der Waals surface area contributed by atoms with Crippen LogP contribution in [0.15, 0.2) is 0 Å². The van der Waals surface area contributed by atoms with Crippen LogP contribution in [0.1, 0.15) is 65.2 Å². The molecule has 0 heterocycles. The fraction of sp³-hybridized carbons (Fsp3) is 0.867. The number of hydrogen-bond donors (Lipinski definition) is 3. The Bertz CT molecular complexity index is 270. The standard InChI is InChI=1S/C15H31N3O2/c1-3-5-7-12-18-15(20)13(16)10-6-8-11-17-14(19)9-4-2/h13H,3-12,16H2,1-2H3,(H,17,19)(H,18,20). The summed E-state index contributed by atoms with van der Waals surface area (Å²) in [5.41, 5.74) is 5.82. The van der Waals surface area contributed by atoms with Crippen molar-refractivity contribution in [2.45, 2.75) is 71.3 Å². The van der Waals surface area contributed by atoms with E-state index in [2.05, 4.69) is 17.6 Å². The van der Waals surface area contributed by atoms with E-state index in [-0.39, 0.29) is 11.8 Å². The van der Waals surface area contributed by atoms with Gasteiger partial charge in [-0.3, -0.25) is 9.59 Å². The molecule has 5 nitrogen and oxygen atoms in total.